The quantitative estimate of drug-likeness (QED) is 0.340. The number of primary amides is 1. The number of nitrogens with two attached hydrogens (primary N) is 1. The molecule has 172 valence electrons. The minimum Gasteiger partial charge on any atom is -0.366 e. The monoisotopic (exact) mass is 486 g/mol. The van der Waals surface area contributed by atoms with Crippen LogP contribution in [0.5, 0.6) is 0 Å². The Kier molecular flexibility index (Phi) is 6.50. The molecular formula is C22H23ClN6O3S. The summed E-state index contributed by atoms with van der Waals surface area (Å²) in [6.45, 7) is 2.09. The zero-order chi connectivity index (χ0) is 23.6. The van der Waals surface area contributed by atoms with Crippen molar-refractivity contribution in [3.05, 3.63) is 71.4 Å². The highest BCUT2D eigenvalue weighted by atomic mass is 35.5. The van der Waals surface area contributed by atoms with Gasteiger partial charge in [-0.3, -0.25) is 4.79 Å². The molecule has 1 saturated carbocycles. The third-order valence-electron chi connectivity index (χ3n) is 5.15. The Balaban J connectivity index is 1.39. The molecule has 1 fully saturated rings. The van der Waals surface area contributed by atoms with Crippen LogP contribution in [-0.2, 0) is 16.6 Å². The van der Waals surface area contributed by atoms with E-state index in [4.69, 9.17) is 17.3 Å². The second-order valence-electron chi connectivity index (χ2n) is 7.77. The van der Waals surface area contributed by atoms with Gasteiger partial charge in [0.2, 0.25) is 21.9 Å². The number of nitrogens with zero attached hydrogens (tertiary/aromatic N) is 2. The summed E-state index contributed by atoms with van der Waals surface area (Å²) >= 11 is 5.84. The molecular weight excluding hydrogens is 464 g/mol. The topological polar surface area (TPSA) is 139 Å². The maximum atomic E-state index is 12.1. The van der Waals surface area contributed by atoms with Gasteiger partial charge in [0.25, 0.3) is 0 Å². The van der Waals surface area contributed by atoms with Crippen molar-refractivity contribution in [2.75, 3.05) is 10.6 Å². The van der Waals surface area contributed by atoms with Gasteiger partial charge in [0.05, 0.1) is 10.6 Å². The third-order valence-corrected chi connectivity index (χ3v) is 7.64. The summed E-state index contributed by atoms with van der Waals surface area (Å²) in [5, 5.41) is 5.55. The molecule has 5 N–H and O–H groups in total. The predicted octanol–water partition coefficient (Wildman–Crippen LogP) is 3.17. The first kappa shape index (κ1) is 23.0. The molecule has 0 radical (unpaired) electrons. The first-order valence-corrected chi connectivity index (χ1v) is 12.2. The Morgan fingerprint density at radius 1 is 1.09 bits per heavy atom. The summed E-state index contributed by atoms with van der Waals surface area (Å²) in [5.41, 5.74) is 8.87. The summed E-state index contributed by atoms with van der Waals surface area (Å²) < 4.78 is 26.8. The van der Waals surface area contributed by atoms with E-state index in [1.807, 2.05) is 31.2 Å². The van der Waals surface area contributed by atoms with Gasteiger partial charge in [-0.1, -0.05) is 12.1 Å². The van der Waals surface area contributed by atoms with Crippen molar-refractivity contribution in [2.24, 2.45) is 5.73 Å². The van der Waals surface area contributed by atoms with E-state index in [2.05, 4.69) is 25.3 Å². The number of hydrogen-bond acceptors (Lipinski definition) is 7. The van der Waals surface area contributed by atoms with Crippen LogP contribution in [0.3, 0.4) is 0 Å². The number of alkyl halides is 1. The molecule has 9 nitrogen and oxygen atoms in total. The summed E-state index contributed by atoms with van der Waals surface area (Å²) in [7, 11) is -3.38. The molecule has 0 bridgehead atoms. The number of aryl methyl sites for hydroxylation is 1. The van der Waals surface area contributed by atoms with Crippen LogP contribution >= 0.6 is 11.6 Å². The summed E-state index contributed by atoms with van der Waals surface area (Å²) in [6, 6.07) is 14.1. The number of nitrogens with one attached hydrogen (secondary N) is 3. The zero-order valence-electron chi connectivity index (χ0n) is 17.7. The van der Waals surface area contributed by atoms with Crippen LogP contribution in [0.1, 0.15) is 27.9 Å². The number of aromatic nitrogens is 2. The molecule has 2 atom stereocenters. The summed E-state index contributed by atoms with van der Waals surface area (Å²) in [4.78, 5) is 20.0. The molecule has 1 heterocycles. The largest absolute Gasteiger partial charge is 0.366 e. The van der Waals surface area contributed by atoms with E-state index >= 15 is 0 Å². The van der Waals surface area contributed by atoms with Crippen molar-refractivity contribution in [2.45, 2.75) is 30.5 Å². The first-order valence-electron chi connectivity index (χ1n) is 10.2. The maximum Gasteiger partial charge on any atom is 0.248 e. The molecule has 1 aromatic heterocycles. The number of benzene rings is 2. The number of sulfonamides is 1. The summed E-state index contributed by atoms with van der Waals surface area (Å²) in [6.07, 6.45) is 2.19. The van der Waals surface area contributed by atoms with E-state index < -0.39 is 21.2 Å². The molecule has 33 heavy (non-hydrogen) atoms. The fourth-order valence-corrected chi connectivity index (χ4v) is 5.21. The molecule has 1 aliphatic rings. The highest BCUT2D eigenvalue weighted by Crippen LogP contribution is 2.34. The molecule has 11 heteroatoms. The molecule has 1 aliphatic carbocycles. The fraction of sp³-hybridized carbons (Fsp3) is 0.227. The van der Waals surface area contributed by atoms with E-state index in [0.29, 0.717) is 29.4 Å². The van der Waals surface area contributed by atoms with Crippen LogP contribution in [0.25, 0.3) is 0 Å². The number of amides is 1. The molecule has 3 aromatic rings. The van der Waals surface area contributed by atoms with Gasteiger partial charge in [-0.2, -0.15) is 4.98 Å². The Hall–Kier alpha value is -3.21. The molecule has 2 aromatic carbocycles. The van der Waals surface area contributed by atoms with Crippen LogP contribution in [0, 0.1) is 6.92 Å². The minimum absolute atomic E-state index is 0.206. The predicted molar refractivity (Wildman–Crippen MR) is 129 cm³/mol. The lowest BCUT2D eigenvalue weighted by atomic mass is 10.2. The van der Waals surface area contributed by atoms with Gasteiger partial charge in [0, 0.05) is 35.2 Å². The minimum atomic E-state index is -3.38. The van der Waals surface area contributed by atoms with Crippen molar-refractivity contribution in [3.63, 3.8) is 0 Å². The Bertz CT molecular complexity index is 1270. The van der Waals surface area contributed by atoms with Gasteiger partial charge in [-0.15, -0.1) is 11.6 Å². The average molecular weight is 487 g/mol. The van der Waals surface area contributed by atoms with Gasteiger partial charge in [-0.25, -0.2) is 18.1 Å². The number of halogens is 1. The number of hydrogen-bond donors (Lipinski definition) is 4. The Morgan fingerprint density at radius 2 is 1.70 bits per heavy atom. The lowest BCUT2D eigenvalue weighted by Crippen LogP contribution is -2.27. The van der Waals surface area contributed by atoms with E-state index in [-0.39, 0.29) is 11.9 Å². The maximum absolute atomic E-state index is 12.1. The van der Waals surface area contributed by atoms with Crippen molar-refractivity contribution in [3.8, 4) is 0 Å². The second kappa shape index (κ2) is 9.34. The Morgan fingerprint density at radius 3 is 2.30 bits per heavy atom. The van der Waals surface area contributed by atoms with Gasteiger partial charge in [0.1, 0.15) is 5.82 Å². The van der Waals surface area contributed by atoms with Crippen LogP contribution in [-0.4, -0.2) is 34.9 Å². The third kappa shape index (κ3) is 5.78. The van der Waals surface area contributed by atoms with Crippen molar-refractivity contribution in [1.29, 1.82) is 0 Å². The van der Waals surface area contributed by atoms with Crippen molar-refractivity contribution >= 4 is 50.7 Å². The van der Waals surface area contributed by atoms with E-state index in [0.717, 1.165) is 16.8 Å². The first-order chi connectivity index (χ1) is 15.7. The lowest BCUT2D eigenvalue weighted by molar-refractivity contribution is 0.100. The molecule has 0 spiro atoms. The Labute approximate surface area is 196 Å². The fourth-order valence-electron chi connectivity index (χ4n) is 3.07. The van der Waals surface area contributed by atoms with Crippen LogP contribution < -0.4 is 21.1 Å². The summed E-state index contributed by atoms with van der Waals surface area (Å²) in [5.74, 6) is 0.519. The standard InChI is InChI=1S/C22H23ClN6O3S/c1-13-11-25-22(28-17-8-4-15(5-9-17)20(24)30)29-21(13)27-16-6-2-14(3-7-16)12-26-33(31,32)19-10-18(19)23/h2-9,11,18-19,26H,10,12H2,1H3,(H2,24,30)(H2,25,27,28,29). The highest BCUT2D eigenvalue weighted by molar-refractivity contribution is 7.90. The number of anilines is 4. The number of carbonyl (C=O) groups excluding carboxylic acids is 1. The highest BCUT2D eigenvalue weighted by Gasteiger charge is 2.45. The van der Waals surface area contributed by atoms with Gasteiger partial charge in [-0.05, 0) is 55.3 Å². The normalized spacial score (nSPS) is 17.4. The van der Waals surface area contributed by atoms with E-state index in [1.54, 1.807) is 30.5 Å². The van der Waals surface area contributed by atoms with Gasteiger partial charge >= 0.3 is 0 Å². The van der Waals surface area contributed by atoms with Crippen molar-refractivity contribution < 1.29 is 13.2 Å². The van der Waals surface area contributed by atoms with Crippen LogP contribution in [0.2, 0.25) is 0 Å². The number of carbonyl (C=O) groups is 1. The van der Waals surface area contributed by atoms with Gasteiger partial charge in [0.15, 0.2) is 0 Å². The molecule has 2 unspecified atom stereocenters. The zero-order valence-corrected chi connectivity index (χ0v) is 19.3. The van der Waals surface area contributed by atoms with Crippen molar-refractivity contribution in [1.82, 2.24) is 14.7 Å². The molecule has 0 saturated heterocycles. The van der Waals surface area contributed by atoms with Gasteiger partial charge < -0.3 is 16.4 Å². The SMILES string of the molecule is Cc1cnc(Nc2ccc(C(N)=O)cc2)nc1Nc1ccc(CNS(=O)(=O)C2CC2Cl)cc1. The van der Waals surface area contributed by atoms with E-state index in [9.17, 15) is 13.2 Å². The smallest absolute Gasteiger partial charge is 0.248 e. The van der Waals surface area contributed by atoms with Crippen LogP contribution in [0.15, 0.2) is 54.7 Å². The molecule has 4 rings (SSSR count). The molecule has 1 amide bonds. The van der Waals surface area contributed by atoms with Crippen LogP contribution in [0.4, 0.5) is 23.1 Å². The molecule has 0 aliphatic heterocycles. The average Bonchev–Trinajstić information content (AvgIpc) is 3.54. The van der Waals surface area contributed by atoms with E-state index in [1.165, 1.54) is 0 Å². The number of rotatable bonds is 9. The lowest BCUT2D eigenvalue weighted by Gasteiger charge is -2.12. The second-order valence-corrected chi connectivity index (χ2v) is 10.3.